The van der Waals surface area contributed by atoms with E-state index in [-0.39, 0.29) is 11.9 Å². The molecule has 0 N–H and O–H groups in total. The first-order valence-electron chi connectivity index (χ1n) is 12.5. The molecule has 0 aromatic rings. The third-order valence-corrected chi connectivity index (χ3v) is 5.37. The monoisotopic (exact) mass is 412 g/mol. The van der Waals surface area contributed by atoms with E-state index in [1.165, 1.54) is 83.5 Å². The van der Waals surface area contributed by atoms with Crippen LogP contribution in [0.1, 0.15) is 136 Å². The normalized spacial score (nSPS) is 10.8. The Balaban J connectivity index is 3.08. The van der Waals surface area contributed by atoms with Crippen LogP contribution in [0.4, 0.5) is 0 Å². The zero-order chi connectivity index (χ0) is 21.4. The van der Waals surface area contributed by atoms with Gasteiger partial charge in [0.15, 0.2) is 0 Å². The molecule has 0 spiro atoms. The lowest BCUT2D eigenvalue weighted by Crippen LogP contribution is -2.03. The summed E-state index contributed by atoms with van der Waals surface area (Å²) in [6, 6.07) is 0. The molecule has 0 aliphatic carbocycles. The maximum atomic E-state index is 11.2. The Morgan fingerprint density at radius 1 is 0.414 bits per heavy atom. The molecule has 0 rings (SSSR count). The van der Waals surface area contributed by atoms with Gasteiger partial charge in [0, 0.05) is 12.8 Å². The van der Waals surface area contributed by atoms with Crippen molar-refractivity contribution in [2.24, 2.45) is 0 Å². The van der Waals surface area contributed by atoms with E-state index < -0.39 is 0 Å². The SMILES string of the molecule is CCOC(=O)CCCCCCCCCCCCCCCCCCCC(=O)OCC. The number of unbranched alkanes of at least 4 members (excludes halogenated alkanes) is 16. The lowest BCUT2D eigenvalue weighted by Gasteiger charge is -2.04. The van der Waals surface area contributed by atoms with Crippen molar-refractivity contribution in [1.29, 1.82) is 0 Å². The van der Waals surface area contributed by atoms with Gasteiger partial charge in [-0.3, -0.25) is 9.59 Å². The second-order valence-electron chi connectivity index (χ2n) is 8.12. The third kappa shape index (κ3) is 23.1. The first kappa shape index (κ1) is 27.9. The van der Waals surface area contributed by atoms with E-state index in [1.807, 2.05) is 13.8 Å². The van der Waals surface area contributed by atoms with Crippen LogP contribution < -0.4 is 0 Å². The Hall–Kier alpha value is -1.06. The van der Waals surface area contributed by atoms with Crippen LogP contribution in [-0.4, -0.2) is 25.2 Å². The van der Waals surface area contributed by atoms with E-state index in [0.717, 1.165) is 25.7 Å². The quantitative estimate of drug-likeness (QED) is 0.136. The van der Waals surface area contributed by atoms with Crippen LogP contribution in [0.25, 0.3) is 0 Å². The lowest BCUT2D eigenvalue weighted by atomic mass is 10.0. The molecular weight excluding hydrogens is 364 g/mol. The van der Waals surface area contributed by atoms with Gasteiger partial charge in [0.1, 0.15) is 0 Å². The largest absolute Gasteiger partial charge is 0.466 e. The van der Waals surface area contributed by atoms with Crippen molar-refractivity contribution in [3.05, 3.63) is 0 Å². The van der Waals surface area contributed by atoms with Gasteiger partial charge in [-0.25, -0.2) is 0 Å². The van der Waals surface area contributed by atoms with Crippen molar-refractivity contribution < 1.29 is 19.1 Å². The minimum Gasteiger partial charge on any atom is -0.466 e. The van der Waals surface area contributed by atoms with Crippen LogP contribution in [0.15, 0.2) is 0 Å². The molecule has 0 heterocycles. The molecule has 0 aromatic carbocycles. The molecule has 0 aromatic heterocycles. The Morgan fingerprint density at radius 2 is 0.621 bits per heavy atom. The number of hydrogen-bond acceptors (Lipinski definition) is 4. The van der Waals surface area contributed by atoms with Crippen LogP contribution in [-0.2, 0) is 19.1 Å². The summed E-state index contributed by atoms with van der Waals surface area (Å²) in [5.74, 6) is -0.0861. The van der Waals surface area contributed by atoms with E-state index in [0.29, 0.717) is 26.1 Å². The maximum absolute atomic E-state index is 11.2. The zero-order valence-electron chi connectivity index (χ0n) is 19.5. The smallest absolute Gasteiger partial charge is 0.305 e. The average molecular weight is 413 g/mol. The summed E-state index contributed by atoms with van der Waals surface area (Å²) in [6.45, 7) is 4.72. The van der Waals surface area contributed by atoms with Crippen LogP contribution in [0.2, 0.25) is 0 Å². The van der Waals surface area contributed by atoms with Gasteiger partial charge in [0.25, 0.3) is 0 Å². The molecule has 0 aliphatic rings. The number of hydrogen-bond donors (Lipinski definition) is 0. The number of carbonyl (C=O) groups excluding carboxylic acids is 2. The highest BCUT2D eigenvalue weighted by molar-refractivity contribution is 5.69. The number of carbonyl (C=O) groups is 2. The van der Waals surface area contributed by atoms with E-state index in [4.69, 9.17) is 9.47 Å². The van der Waals surface area contributed by atoms with Gasteiger partial charge in [-0.15, -0.1) is 0 Å². The molecule has 4 heteroatoms. The molecular formula is C25H48O4. The zero-order valence-corrected chi connectivity index (χ0v) is 19.5. The van der Waals surface area contributed by atoms with Crippen molar-refractivity contribution in [3.8, 4) is 0 Å². The fourth-order valence-electron chi connectivity index (χ4n) is 3.66. The van der Waals surface area contributed by atoms with Crippen LogP contribution in [0.3, 0.4) is 0 Å². The van der Waals surface area contributed by atoms with Crippen molar-refractivity contribution in [2.75, 3.05) is 13.2 Å². The fourth-order valence-corrected chi connectivity index (χ4v) is 3.66. The van der Waals surface area contributed by atoms with E-state index in [9.17, 15) is 9.59 Å². The van der Waals surface area contributed by atoms with Crippen molar-refractivity contribution in [2.45, 2.75) is 136 Å². The van der Waals surface area contributed by atoms with Gasteiger partial charge in [-0.05, 0) is 26.7 Å². The van der Waals surface area contributed by atoms with E-state index in [1.54, 1.807) is 0 Å². The predicted molar refractivity (Wildman–Crippen MR) is 121 cm³/mol. The second-order valence-corrected chi connectivity index (χ2v) is 8.12. The molecule has 0 saturated carbocycles. The highest BCUT2D eigenvalue weighted by atomic mass is 16.5. The Morgan fingerprint density at radius 3 is 0.828 bits per heavy atom. The summed E-state index contributed by atoms with van der Waals surface area (Å²) >= 11 is 0. The van der Waals surface area contributed by atoms with Crippen LogP contribution in [0, 0.1) is 0 Å². The minimum atomic E-state index is -0.0430. The van der Waals surface area contributed by atoms with Crippen molar-refractivity contribution >= 4 is 11.9 Å². The predicted octanol–water partition coefficient (Wildman–Crippen LogP) is 7.52. The lowest BCUT2D eigenvalue weighted by molar-refractivity contribution is -0.144. The van der Waals surface area contributed by atoms with Gasteiger partial charge in [-0.2, -0.15) is 0 Å². The molecule has 0 aliphatic heterocycles. The second kappa shape index (κ2) is 23.2. The minimum absolute atomic E-state index is 0.0430. The molecule has 172 valence electrons. The van der Waals surface area contributed by atoms with Crippen LogP contribution >= 0.6 is 0 Å². The summed E-state index contributed by atoms with van der Waals surface area (Å²) < 4.78 is 9.87. The van der Waals surface area contributed by atoms with E-state index in [2.05, 4.69) is 0 Å². The molecule has 0 radical (unpaired) electrons. The number of rotatable bonds is 22. The highest BCUT2D eigenvalue weighted by Gasteiger charge is 2.01. The summed E-state index contributed by atoms with van der Waals surface area (Å²) in [6.07, 6.45) is 22.9. The van der Waals surface area contributed by atoms with Gasteiger partial charge in [-0.1, -0.05) is 96.3 Å². The molecule has 0 atom stereocenters. The summed E-state index contributed by atoms with van der Waals surface area (Å²) in [4.78, 5) is 22.4. The summed E-state index contributed by atoms with van der Waals surface area (Å²) in [5, 5.41) is 0. The standard InChI is InChI=1S/C25H48O4/c1-3-28-24(26)22-20-18-16-14-12-10-8-6-5-7-9-11-13-15-17-19-21-23-25(27)29-4-2/h3-23H2,1-2H3. The van der Waals surface area contributed by atoms with E-state index >= 15 is 0 Å². The molecule has 29 heavy (non-hydrogen) atoms. The Kier molecular flexibility index (Phi) is 22.4. The molecule has 0 amide bonds. The Bertz CT molecular complexity index is 334. The molecule has 0 unspecified atom stereocenters. The molecule has 4 nitrogen and oxygen atoms in total. The Labute approximate surface area is 180 Å². The maximum Gasteiger partial charge on any atom is 0.305 e. The molecule has 0 saturated heterocycles. The third-order valence-electron chi connectivity index (χ3n) is 5.37. The van der Waals surface area contributed by atoms with Crippen molar-refractivity contribution in [1.82, 2.24) is 0 Å². The fraction of sp³-hybridized carbons (Fsp3) is 0.920. The van der Waals surface area contributed by atoms with Crippen molar-refractivity contribution in [3.63, 3.8) is 0 Å². The van der Waals surface area contributed by atoms with Gasteiger partial charge in [0.2, 0.25) is 0 Å². The first-order valence-corrected chi connectivity index (χ1v) is 12.5. The first-order chi connectivity index (χ1) is 14.2. The number of ether oxygens (including phenoxy) is 2. The van der Waals surface area contributed by atoms with Crippen LogP contribution in [0.5, 0.6) is 0 Å². The summed E-state index contributed by atoms with van der Waals surface area (Å²) in [5.41, 5.74) is 0. The van der Waals surface area contributed by atoms with Gasteiger partial charge < -0.3 is 9.47 Å². The van der Waals surface area contributed by atoms with Gasteiger partial charge >= 0.3 is 11.9 Å². The highest BCUT2D eigenvalue weighted by Crippen LogP contribution is 2.14. The average Bonchev–Trinajstić information content (AvgIpc) is 2.70. The van der Waals surface area contributed by atoms with Gasteiger partial charge in [0.05, 0.1) is 13.2 Å². The topological polar surface area (TPSA) is 52.6 Å². The number of esters is 2. The molecule has 0 bridgehead atoms. The molecule has 0 fully saturated rings. The summed E-state index contributed by atoms with van der Waals surface area (Å²) in [7, 11) is 0.